The Bertz CT molecular complexity index is 1000. The van der Waals surface area contributed by atoms with Gasteiger partial charge in [0.1, 0.15) is 12.4 Å². The van der Waals surface area contributed by atoms with Gasteiger partial charge in [-0.3, -0.25) is 15.3 Å². The molecule has 0 saturated heterocycles. The highest BCUT2D eigenvalue weighted by Crippen LogP contribution is 2.33. The Balaban J connectivity index is 2.25. The molecule has 2 atom stereocenters. The maximum Gasteiger partial charge on any atom is 0.412 e. The summed E-state index contributed by atoms with van der Waals surface area (Å²) >= 11 is 0. The Morgan fingerprint density at radius 1 is 1.18 bits per heavy atom. The number of carbonyl (C=O) groups excluding carboxylic acids is 2. The molecule has 0 aliphatic carbocycles. The lowest BCUT2D eigenvalue weighted by Gasteiger charge is -2.27. The topological polar surface area (TPSA) is 150 Å². The lowest BCUT2D eigenvalue weighted by atomic mass is 9.99. The van der Waals surface area contributed by atoms with Crippen molar-refractivity contribution in [3.63, 3.8) is 0 Å². The number of methoxy groups -OCH3 is 1. The number of para-hydroxylation sites is 1. The van der Waals surface area contributed by atoms with Crippen LogP contribution in [0.1, 0.15) is 30.1 Å². The second-order valence-electron chi connectivity index (χ2n) is 6.98. The third kappa shape index (κ3) is 8.22. The van der Waals surface area contributed by atoms with E-state index in [-0.39, 0.29) is 13.2 Å². The first-order valence-electron chi connectivity index (χ1n) is 10.5. The number of nitrogens with zero attached hydrogens (tertiary/aromatic N) is 1. The fourth-order valence-electron chi connectivity index (χ4n) is 3.11. The number of nitriles is 1. The average molecular weight is 469 g/mol. The number of nitrogens with one attached hydrogen (secondary N) is 2. The molecule has 0 saturated carbocycles. The molecule has 10 heteroatoms. The molecule has 0 fully saturated rings. The number of aliphatic hydroxyl groups is 1. The van der Waals surface area contributed by atoms with Crippen LogP contribution in [0.4, 0.5) is 10.5 Å². The monoisotopic (exact) mass is 469 g/mol. The molecule has 0 aromatic heterocycles. The van der Waals surface area contributed by atoms with E-state index in [1.54, 1.807) is 54.6 Å². The molecule has 34 heavy (non-hydrogen) atoms. The normalized spacial score (nSPS) is 12.4. The highest BCUT2D eigenvalue weighted by Gasteiger charge is 2.29. The Kier molecular flexibility index (Phi) is 11.1. The van der Waals surface area contributed by atoms with Crippen LogP contribution in [0.3, 0.4) is 0 Å². The van der Waals surface area contributed by atoms with E-state index in [1.165, 1.54) is 18.7 Å². The van der Waals surface area contributed by atoms with Crippen LogP contribution in [0.2, 0.25) is 0 Å². The molecule has 0 aliphatic rings. The van der Waals surface area contributed by atoms with Crippen LogP contribution in [0, 0.1) is 11.3 Å². The Labute approximate surface area is 197 Å². The summed E-state index contributed by atoms with van der Waals surface area (Å²) in [4.78, 5) is 23.9. The number of anilines is 1. The van der Waals surface area contributed by atoms with E-state index in [2.05, 4.69) is 5.32 Å². The molecule has 0 radical (unpaired) electrons. The zero-order valence-electron chi connectivity index (χ0n) is 18.6. The van der Waals surface area contributed by atoms with Crippen molar-refractivity contribution in [2.24, 2.45) is 0 Å². The molecular formula is C24H27N3O7. The number of benzene rings is 2. The van der Waals surface area contributed by atoms with Gasteiger partial charge in [0.05, 0.1) is 24.3 Å². The van der Waals surface area contributed by atoms with Crippen LogP contribution in [0.25, 0.3) is 0 Å². The molecule has 0 spiro atoms. The number of hydrogen-bond donors (Lipinski definition) is 4. The molecule has 0 aliphatic heterocycles. The maximum atomic E-state index is 12.7. The van der Waals surface area contributed by atoms with Gasteiger partial charge >= 0.3 is 6.09 Å². The van der Waals surface area contributed by atoms with Crippen molar-refractivity contribution in [2.45, 2.75) is 25.0 Å². The summed E-state index contributed by atoms with van der Waals surface area (Å²) in [5.74, 6) is -0.240. The second-order valence-corrected chi connectivity index (χ2v) is 6.98. The van der Waals surface area contributed by atoms with E-state index in [1.807, 2.05) is 6.07 Å². The highest BCUT2D eigenvalue weighted by atomic mass is 16.6. The van der Waals surface area contributed by atoms with Crippen LogP contribution in [0.5, 0.6) is 5.75 Å². The van der Waals surface area contributed by atoms with Gasteiger partial charge < -0.3 is 19.3 Å². The molecule has 2 aromatic carbocycles. The predicted octanol–water partition coefficient (Wildman–Crippen LogP) is 3.08. The number of allylic oxidation sites excluding steroid dienone is 1. The average Bonchev–Trinajstić information content (AvgIpc) is 2.87. The summed E-state index contributed by atoms with van der Waals surface area (Å²) in [7, 11) is 1.47. The zero-order valence-corrected chi connectivity index (χ0v) is 18.6. The number of hydroxylamine groups is 1. The number of ether oxygens (including phenoxy) is 3. The lowest BCUT2D eigenvalue weighted by molar-refractivity contribution is -0.124. The van der Waals surface area contributed by atoms with Crippen molar-refractivity contribution < 1.29 is 34.1 Å². The quantitative estimate of drug-likeness (QED) is 0.210. The smallest absolute Gasteiger partial charge is 0.412 e. The fourth-order valence-corrected chi connectivity index (χ4v) is 3.11. The van der Waals surface area contributed by atoms with Crippen LogP contribution in [-0.2, 0) is 14.3 Å². The SMILES string of the molecule is CO[C@@H](CC/C=C/C(=O)NO)[C@@H](OC(=O)Nc1ccc(C#N)cc1)c1ccccc1OCCO. The number of aliphatic hydroxyl groups excluding tert-OH is 1. The van der Waals surface area contributed by atoms with E-state index in [0.717, 1.165) is 0 Å². The molecule has 0 unspecified atom stereocenters. The van der Waals surface area contributed by atoms with Gasteiger partial charge in [-0.1, -0.05) is 24.3 Å². The first-order chi connectivity index (χ1) is 16.5. The second kappa shape index (κ2) is 14.3. The fraction of sp³-hybridized carbons (Fsp3) is 0.292. The Morgan fingerprint density at radius 3 is 2.56 bits per heavy atom. The number of hydrogen-bond acceptors (Lipinski definition) is 8. The molecule has 180 valence electrons. The summed E-state index contributed by atoms with van der Waals surface area (Å²) in [6.45, 7) is -0.137. The van der Waals surface area contributed by atoms with Crippen molar-refractivity contribution in [3.05, 3.63) is 71.8 Å². The summed E-state index contributed by atoms with van der Waals surface area (Å²) in [6, 6.07) is 15.2. The van der Waals surface area contributed by atoms with Gasteiger partial charge in [0.25, 0.3) is 5.91 Å². The minimum Gasteiger partial charge on any atom is -0.491 e. The first-order valence-corrected chi connectivity index (χ1v) is 10.5. The van der Waals surface area contributed by atoms with E-state index >= 15 is 0 Å². The van der Waals surface area contributed by atoms with Crippen LogP contribution < -0.4 is 15.5 Å². The first kappa shape index (κ1) is 26.3. The minimum absolute atomic E-state index is 0.0534. The largest absolute Gasteiger partial charge is 0.491 e. The number of amides is 2. The van der Waals surface area contributed by atoms with Crippen molar-refractivity contribution in [1.82, 2.24) is 5.48 Å². The molecule has 0 bridgehead atoms. The molecule has 2 aromatic rings. The van der Waals surface area contributed by atoms with Gasteiger partial charge in [0.2, 0.25) is 0 Å². The van der Waals surface area contributed by atoms with E-state index in [0.29, 0.717) is 35.4 Å². The zero-order chi connectivity index (χ0) is 24.8. The van der Waals surface area contributed by atoms with Crippen molar-refractivity contribution in [2.75, 3.05) is 25.6 Å². The van der Waals surface area contributed by atoms with Gasteiger partial charge in [-0.2, -0.15) is 5.26 Å². The molecule has 0 heterocycles. The molecule has 2 amide bonds. The summed E-state index contributed by atoms with van der Waals surface area (Å²) in [6.07, 6.45) is 1.24. The third-order valence-corrected chi connectivity index (χ3v) is 4.71. The van der Waals surface area contributed by atoms with E-state index in [4.69, 9.17) is 29.8 Å². The Morgan fingerprint density at radius 2 is 1.91 bits per heavy atom. The number of rotatable bonds is 12. The minimum atomic E-state index is -0.890. The third-order valence-electron chi connectivity index (χ3n) is 4.71. The maximum absolute atomic E-state index is 12.7. The highest BCUT2D eigenvalue weighted by molar-refractivity contribution is 5.86. The van der Waals surface area contributed by atoms with Crippen molar-refractivity contribution >= 4 is 17.7 Å². The standard InChI is InChI=1S/C24H27N3O7/c1-32-21(8-4-5-9-22(29)27-31)23(19-6-2-3-7-20(19)33-15-14-28)34-24(30)26-18-12-10-17(16-25)11-13-18/h2-3,5-7,9-13,21,23,28,31H,4,8,14-15H2,1H3,(H,26,30)(H,27,29)/b9-5+/t21-,23-/m0/s1. The Hall–Kier alpha value is -3.91. The van der Waals surface area contributed by atoms with Crippen LogP contribution in [-0.4, -0.2) is 48.7 Å². The lowest BCUT2D eigenvalue weighted by Crippen LogP contribution is -2.28. The van der Waals surface area contributed by atoms with E-state index in [9.17, 15) is 9.59 Å². The van der Waals surface area contributed by atoms with Gasteiger partial charge in [0.15, 0.2) is 6.10 Å². The van der Waals surface area contributed by atoms with Gasteiger partial charge in [-0.15, -0.1) is 0 Å². The summed E-state index contributed by atoms with van der Waals surface area (Å²) < 4.78 is 17.0. The predicted molar refractivity (Wildman–Crippen MR) is 122 cm³/mol. The summed E-state index contributed by atoms with van der Waals surface area (Å²) in [5, 5.41) is 29.3. The van der Waals surface area contributed by atoms with Gasteiger partial charge in [-0.05, 0) is 43.2 Å². The van der Waals surface area contributed by atoms with Crippen molar-refractivity contribution in [3.8, 4) is 11.8 Å². The van der Waals surface area contributed by atoms with Gasteiger partial charge in [0, 0.05) is 24.4 Å². The van der Waals surface area contributed by atoms with Crippen molar-refractivity contribution in [1.29, 1.82) is 5.26 Å². The number of carbonyl (C=O) groups is 2. The van der Waals surface area contributed by atoms with Crippen LogP contribution in [0.15, 0.2) is 60.7 Å². The van der Waals surface area contributed by atoms with Gasteiger partial charge in [-0.25, -0.2) is 10.3 Å². The summed E-state index contributed by atoms with van der Waals surface area (Å²) in [5.41, 5.74) is 2.94. The molecule has 2 rings (SSSR count). The molecule has 4 N–H and O–H groups in total. The molecule has 10 nitrogen and oxygen atoms in total. The van der Waals surface area contributed by atoms with Crippen LogP contribution >= 0.6 is 0 Å². The van der Waals surface area contributed by atoms with E-state index < -0.39 is 24.2 Å². The molecular weight excluding hydrogens is 442 g/mol.